The van der Waals surface area contributed by atoms with Crippen LogP contribution in [-0.4, -0.2) is 12.2 Å². The predicted molar refractivity (Wildman–Crippen MR) is 60.2 cm³/mol. The number of aliphatic hydroxyl groups excluding tert-OH is 1. The van der Waals surface area contributed by atoms with E-state index in [4.69, 9.17) is 14.9 Å². The zero-order valence-corrected chi connectivity index (χ0v) is 8.88. The monoisotopic (exact) mass is 219 g/mol. The smallest absolute Gasteiger partial charge is 0.139 e. The van der Waals surface area contributed by atoms with E-state index in [1.165, 1.54) is 6.26 Å². The van der Waals surface area contributed by atoms with Crippen LogP contribution in [0.4, 0.5) is 5.69 Å². The van der Waals surface area contributed by atoms with Crippen molar-refractivity contribution >= 4 is 5.69 Å². The van der Waals surface area contributed by atoms with Crippen molar-refractivity contribution in [3.05, 3.63) is 47.9 Å². The highest BCUT2D eigenvalue weighted by Gasteiger charge is 2.16. The number of anilines is 1. The summed E-state index contributed by atoms with van der Waals surface area (Å²) in [6.45, 7) is 0. The van der Waals surface area contributed by atoms with E-state index in [-0.39, 0.29) is 0 Å². The third kappa shape index (κ3) is 1.87. The standard InChI is InChI=1S/C12H13NO3/c1-15-8-4-5-9(10(13)7-8)12(14)11-3-2-6-16-11/h2-7,12,14H,13H2,1H3. The van der Waals surface area contributed by atoms with Gasteiger partial charge in [-0.1, -0.05) is 6.07 Å². The topological polar surface area (TPSA) is 68.6 Å². The van der Waals surface area contributed by atoms with Gasteiger partial charge in [-0.05, 0) is 18.2 Å². The Kier molecular flexibility index (Phi) is 2.83. The fourth-order valence-corrected chi connectivity index (χ4v) is 1.53. The van der Waals surface area contributed by atoms with Gasteiger partial charge in [-0.25, -0.2) is 0 Å². The van der Waals surface area contributed by atoms with E-state index >= 15 is 0 Å². The molecule has 1 heterocycles. The predicted octanol–water partition coefficient (Wildman–Crippen LogP) is 1.95. The Hall–Kier alpha value is -1.94. The number of furan rings is 1. The van der Waals surface area contributed by atoms with E-state index in [9.17, 15) is 5.11 Å². The van der Waals surface area contributed by atoms with Gasteiger partial charge in [-0.3, -0.25) is 0 Å². The minimum atomic E-state index is -0.846. The van der Waals surface area contributed by atoms with Gasteiger partial charge >= 0.3 is 0 Å². The van der Waals surface area contributed by atoms with Gasteiger partial charge in [0.15, 0.2) is 0 Å². The maximum absolute atomic E-state index is 10.0. The normalized spacial score (nSPS) is 12.4. The number of benzene rings is 1. The van der Waals surface area contributed by atoms with Crippen molar-refractivity contribution in [2.45, 2.75) is 6.10 Å². The van der Waals surface area contributed by atoms with Crippen molar-refractivity contribution in [1.29, 1.82) is 0 Å². The van der Waals surface area contributed by atoms with E-state index in [0.29, 0.717) is 22.8 Å². The summed E-state index contributed by atoms with van der Waals surface area (Å²) >= 11 is 0. The lowest BCUT2D eigenvalue weighted by atomic mass is 10.1. The molecular formula is C12H13NO3. The molecule has 4 nitrogen and oxygen atoms in total. The molecule has 0 bridgehead atoms. The summed E-state index contributed by atoms with van der Waals surface area (Å²) in [5.41, 5.74) is 6.90. The molecule has 2 rings (SSSR count). The first-order valence-corrected chi connectivity index (χ1v) is 4.87. The van der Waals surface area contributed by atoms with Crippen LogP contribution in [0.1, 0.15) is 17.4 Å². The van der Waals surface area contributed by atoms with E-state index < -0.39 is 6.10 Å². The fraction of sp³-hybridized carbons (Fsp3) is 0.167. The Bertz CT molecular complexity index is 465. The second-order valence-electron chi connectivity index (χ2n) is 3.41. The highest BCUT2D eigenvalue weighted by molar-refractivity contribution is 5.53. The number of hydrogen-bond donors (Lipinski definition) is 2. The van der Waals surface area contributed by atoms with Gasteiger partial charge in [0, 0.05) is 17.3 Å². The molecule has 0 saturated heterocycles. The third-order valence-corrected chi connectivity index (χ3v) is 2.40. The number of methoxy groups -OCH3 is 1. The number of nitrogens with two attached hydrogens (primary N) is 1. The van der Waals surface area contributed by atoms with Crippen molar-refractivity contribution in [1.82, 2.24) is 0 Å². The molecule has 3 N–H and O–H groups in total. The minimum absolute atomic E-state index is 0.469. The molecule has 1 atom stereocenters. The molecule has 1 unspecified atom stereocenters. The van der Waals surface area contributed by atoms with Crippen LogP contribution in [0.25, 0.3) is 0 Å². The maximum Gasteiger partial charge on any atom is 0.139 e. The minimum Gasteiger partial charge on any atom is -0.497 e. The first-order chi connectivity index (χ1) is 7.72. The molecule has 0 spiro atoms. The van der Waals surface area contributed by atoms with Gasteiger partial charge < -0.3 is 20.0 Å². The highest BCUT2D eigenvalue weighted by Crippen LogP contribution is 2.29. The average molecular weight is 219 g/mol. The third-order valence-electron chi connectivity index (χ3n) is 2.40. The molecule has 1 aromatic heterocycles. The molecule has 0 aliphatic heterocycles. The summed E-state index contributed by atoms with van der Waals surface area (Å²) < 4.78 is 10.2. The molecule has 0 amide bonds. The van der Waals surface area contributed by atoms with Gasteiger partial charge in [0.25, 0.3) is 0 Å². The maximum atomic E-state index is 10.0. The zero-order valence-electron chi connectivity index (χ0n) is 8.88. The van der Waals surface area contributed by atoms with Gasteiger partial charge in [0.1, 0.15) is 17.6 Å². The van der Waals surface area contributed by atoms with Crippen LogP contribution in [0, 0.1) is 0 Å². The summed E-state index contributed by atoms with van der Waals surface area (Å²) in [5, 5.41) is 10.0. The lowest BCUT2D eigenvalue weighted by Gasteiger charge is -2.12. The molecular weight excluding hydrogens is 206 g/mol. The average Bonchev–Trinajstić information content (AvgIpc) is 2.81. The summed E-state index contributed by atoms with van der Waals surface area (Å²) in [6, 6.07) is 8.56. The van der Waals surface area contributed by atoms with Gasteiger partial charge in [0.2, 0.25) is 0 Å². The summed E-state index contributed by atoms with van der Waals surface area (Å²) in [5.74, 6) is 1.13. The van der Waals surface area contributed by atoms with Gasteiger partial charge in [-0.2, -0.15) is 0 Å². The van der Waals surface area contributed by atoms with Crippen LogP contribution in [0.3, 0.4) is 0 Å². The number of ether oxygens (including phenoxy) is 1. The second-order valence-corrected chi connectivity index (χ2v) is 3.41. The first-order valence-electron chi connectivity index (χ1n) is 4.87. The van der Waals surface area contributed by atoms with Crippen molar-refractivity contribution in [3.63, 3.8) is 0 Å². The molecule has 84 valence electrons. The largest absolute Gasteiger partial charge is 0.497 e. The van der Waals surface area contributed by atoms with E-state index in [0.717, 1.165) is 0 Å². The summed E-state index contributed by atoms with van der Waals surface area (Å²) in [6.07, 6.45) is 0.666. The number of aliphatic hydroxyl groups is 1. The zero-order chi connectivity index (χ0) is 11.5. The van der Waals surface area contributed by atoms with Crippen molar-refractivity contribution in [2.24, 2.45) is 0 Å². The van der Waals surface area contributed by atoms with Crippen LogP contribution in [0.5, 0.6) is 5.75 Å². The lowest BCUT2D eigenvalue weighted by molar-refractivity contribution is 0.190. The van der Waals surface area contributed by atoms with Crippen molar-refractivity contribution in [3.8, 4) is 5.75 Å². The van der Waals surface area contributed by atoms with Crippen molar-refractivity contribution in [2.75, 3.05) is 12.8 Å². The van der Waals surface area contributed by atoms with Crippen LogP contribution in [0.15, 0.2) is 41.0 Å². The Morgan fingerprint density at radius 1 is 1.38 bits per heavy atom. The van der Waals surface area contributed by atoms with E-state index in [1.807, 2.05) is 0 Å². The number of hydrogen-bond acceptors (Lipinski definition) is 4. The molecule has 0 saturated carbocycles. The molecule has 16 heavy (non-hydrogen) atoms. The first kappa shape index (κ1) is 10.6. The summed E-state index contributed by atoms with van der Waals surface area (Å²) in [4.78, 5) is 0. The Morgan fingerprint density at radius 3 is 2.75 bits per heavy atom. The molecule has 4 heteroatoms. The second kappa shape index (κ2) is 4.28. The van der Waals surface area contributed by atoms with Crippen LogP contribution >= 0.6 is 0 Å². The molecule has 0 radical (unpaired) electrons. The summed E-state index contributed by atoms with van der Waals surface area (Å²) in [7, 11) is 1.57. The molecule has 0 aliphatic carbocycles. The van der Waals surface area contributed by atoms with Crippen molar-refractivity contribution < 1.29 is 14.3 Å². The van der Waals surface area contributed by atoms with Crippen LogP contribution < -0.4 is 10.5 Å². The van der Waals surface area contributed by atoms with Crippen LogP contribution in [0.2, 0.25) is 0 Å². The number of nitrogen functional groups attached to an aromatic ring is 1. The molecule has 1 aromatic carbocycles. The Morgan fingerprint density at radius 2 is 2.19 bits per heavy atom. The number of rotatable bonds is 3. The van der Waals surface area contributed by atoms with Crippen LogP contribution in [-0.2, 0) is 0 Å². The van der Waals surface area contributed by atoms with E-state index in [2.05, 4.69) is 0 Å². The molecule has 0 aliphatic rings. The molecule has 2 aromatic rings. The quantitative estimate of drug-likeness (QED) is 0.774. The Labute approximate surface area is 93.3 Å². The van der Waals surface area contributed by atoms with Gasteiger partial charge in [0.05, 0.1) is 13.4 Å². The Balaban J connectivity index is 2.34. The van der Waals surface area contributed by atoms with Gasteiger partial charge in [-0.15, -0.1) is 0 Å². The fourth-order valence-electron chi connectivity index (χ4n) is 1.53. The molecule has 0 fully saturated rings. The van der Waals surface area contributed by atoms with E-state index in [1.54, 1.807) is 37.4 Å². The SMILES string of the molecule is COc1ccc(C(O)c2ccco2)c(N)c1. The lowest BCUT2D eigenvalue weighted by Crippen LogP contribution is -2.03. The highest BCUT2D eigenvalue weighted by atomic mass is 16.5.